The van der Waals surface area contributed by atoms with E-state index in [0.29, 0.717) is 50.8 Å². The zero-order valence-electron chi connectivity index (χ0n) is 22.6. The van der Waals surface area contributed by atoms with E-state index in [9.17, 15) is 17.6 Å². The Hall–Kier alpha value is -5.16. The molecule has 1 aromatic heterocycles. The Kier molecular flexibility index (Phi) is 8.21. The summed E-state index contributed by atoms with van der Waals surface area (Å²) in [5, 5.41) is 10.5. The van der Waals surface area contributed by atoms with Crippen molar-refractivity contribution in [3.63, 3.8) is 0 Å². The van der Waals surface area contributed by atoms with Gasteiger partial charge in [0.2, 0.25) is 9.84 Å². The van der Waals surface area contributed by atoms with Crippen LogP contribution in [0.4, 0.5) is 10.1 Å². The van der Waals surface area contributed by atoms with Gasteiger partial charge in [0.25, 0.3) is 11.1 Å². The molecule has 1 N–H and O–H groups in total. The highest BCUT2D eigenvalue weighted by Crippen LogP contribution is 2.31. The van der Waals surface area contributed by atoms with E-state index in [1.165, 1.54) is 36.4 Å². The fraction of sp³-hybridized carbons (Fsp3) is 0.0968. The molecule has 9 nitrogen and oxygen atoms in total. The zero-order chi connectivity index (χ0) is 29.7. The van der Waals surface area contributed by atoms with Crippen LogP contribution in [0.5, 0.6) is 11.5 Å². The van der Waals surface area contributed by atoms with Crippen molar-refractivity contribution in [3.8, 4) is 34.0 Å². The van der Waals surface area contributed by atoms with Crippen LogP contribution in [0.2, 0.25) is 0 Å². The largest absolute Gasteiger partial charge is 0.497 e. The third kappa shape index (κ3) is 6.42. The summed E-state index contributed by atoms with van der Waals surface area (Å²) >= 11 is 0. The number of ether oxygens (including phenoxy) is 2. The molecule has 0 spiro atoms. The summed E-state index contributed by atoms with van der Waals surface area (Å²) < 4.78 is 50.4. The number of hydrogen-bond donors (Lipinski definition) is 1. The number of carbonyl (C=O) groups is 1. The summed E-state index contributed by atoms with van der Waals surface area (Å²) in [5.74, 6) is 0.0580. The molecule has 5 rings (SSSR count). The normalized spacial score (nSPS) is 11.1. The van der Waals surface area contributed by atoms with Crippen LogP contribution in [-0.2, 0) is 15.6 Å². The smallest absolute Gasteiger partial charge is 0.268 e. The van der Waals surface area contributed by atoms with E-state index in [-0.39, 0.29) is 0 Å². The van der Waals surface area contributed by atoms with Crippen molar-refractivity contribution in [1.82, 2.24) is 15.2 Å². The van der Waals surface area contributed by atoms with Gasteiger partial charge in [0.15, 0.2) is 0 Å². The van der Waals surface area contributed by atoms with Crippen molar-refractivity contribution in [2.75, 3.05) is 19.5 Å². The molecular formula is C31H25FN4O5S. The fourth-order valence-corrected chi connectivity index (χ4v) is 5.27. The highest BCUT2D eigenvalue weighted by atomic mass is 32.2. The number of hydrogen-bond acceptors (Lipinski definition) is 8. The minimum Gasteiger partial charge on any atom is -0.497 e. The second-order valence-corrected chi connectivity index (χ2v) is 11.0. The van der Waals surface area contributed by atoms with Crippen LogP contribution >= 0.6 is 0 Å². The molecule has 0 unspecified atom stereocenters. The number of anilines is 1. The number of amides is 1. The van der Waals surface area contributed by atoms with Crippen LogP contribution in [0.1, 0.15) is 15.9 Å². The Balaban J connectivity index is 1.41. The molecular weight excluding hydrogens is 559 g/mol. The third-order valence-corrected chi connectivity index (χ3v) is 7.79. The number of methoxy groups -OCH3 is 2. The molecule has 0 aliphatic heterocycles. The maximum Gasteiger partial charge on any atom is 0.268 e. The van der Waals surface area contributed by atoms with Crippen LogP contribution in [-0.4, -0.2) is 43.7 Å². The van der Waals surface area contributed by atoms with Gasteiger partial charge in [-0.05, 0) is 90.5 Å². The average molecular weight is 585 g/mol. The molecule has 0 saturated carbocycles. The first-order chi connectivity index (χ1) is 20.3. The molecule has 0 fully saturated rings. The quantitative estimate of drug-likeness (QED) is 0.238. The van der Waals surface area contributed by atoms with E-state index >= 15 is 0 Å². The van der Waals surface area contributed by atoms with Gasteiger partial charge < -0.3 is 14.8 Å². The van der Waals surface area contributed by atoms with Gasteiger partial charge in [-0.15, -0.1) is 10.2 Å². The summed E-state index contributed by atoms with van der Waals surface area (Å²) in [6.45, 7) is 0. The molecule has 212 valence electrons. The third-order valence-electron chi connectivity index (χ3n) is 6.35. The van der Waals surface area contributed by atoms with E-state index in [4.69, 9.17) is 9.47 Å². The Labute approximate surface area is 241 Å². The first kappa shape index (κ1) is 28.4. The lowest BCUT2D eigenvalue weighted by Gasteiger charge is -2.11. The number of benzene rings is 4. The van der Waals surface area contributed by atoms with Gasteiger partial charge in [-0.3, -0.25) is 4.79 Å². The maximum atomic E-state index is 13.4. The Morgan fingerprint density at radius 2 is 1.29 bits per heavy atom. The van der Waals surface area contributed by atoms with Crippen molar-refractivity contribution in [2.45, 2.75) is 10.9 Å². The van der Waals surface area contributed by atoms with E-state index in [1.54, 1.807) is 74.9 Å². The first-order valence-electron chi connectivity index (χ1n) is 12.7. The molecule has 5 aromatic rings. The predicted octanol–water partition coefficient (Wildman–Crippen LogP) is 5.59. The topological polar surface area (TPSA) is 120 Å². The predicted molar refractivity (Wildman–Crippen MR) is 155 cm³/mol. The number of rotatable bonds is 9. The SMILES string of the molecule is COc1ccc(-c2nnc(S(=O)(=O)Cc3ccc(C(=O)Nc4ccc(F)cc4)cc3)nc2-c2ccc(OC)cc2)cc1. The minimum absolute atomic E-state index is 0.309. The summed E-state index contributed by atoms with van der Waals surface area (Å²) in [5.41, 5.74) is 3.22. The summed E-state index contributed by atoms with van der Waals surface area (Å²) in [7, 11) is -0.898. The summed E-state index contributed by atoms with van der Waals surface area (Å²) in [6, 6.07) is 25.6. The van der Waals surface area contributed by atoms with Crippen molar-refractivity contribution >= 4 is 21.4 Å². The highest BCUT2D eigenvalue weighted by molar-refractivity contribution is 7.90. The van der Waals surface area contributed by atoms with Crippen molar-refractivity contribution in [1.29, 1.82) is 0 Å². The minimum atomic E-state index is -4.02. The van der Waals surface area contributed by atoms with E-state index in [1.807, 2.05) is 0 Å². The molecule has 42 heavy (non-hydrogen) atoms. The van der Waals surface area contributed by atoms with Gasteiger partial charge in [0.1, 0.15) is 28.7 Å². The molecule has 1 heterocycles. The number of aromatic nitrogens is 3. The van der Waals surface area contributed by atoms with E-state index in [2.05, 4.69) is 20.5 Å². The van der Waals surface area contributed by atoms with Crippen LogP contribution in [0.25, 0.3) is 22.5 Å². The van der Waals surface area contributed by atoms with E-state index < -0.39 is 32.5 Å². The Bertz CT molecular complexity index is 1810. The molecule has 0 bridgehead atoms. The summed E-state index contributed by atoms with van der Waals surface area (Å²) in [4.78, 5) is 17.0. The Morgan fingerprint density at radius 3 is 1.83 bits per heavy atom. The molecule has 0 atom stereocenters. The van der Waals surface area contributed by atoms with Crippen LogP contribution < -0.4 is 14.8 Å². The van der Waals surface area contributed by atoms with Gasteiger partial charge in [-0.2, -0.15) is 0 Å². The molecule has 0 aliphatic rings. The standard InChI is InChI=1S/C31H25FN4O5S/c1-40-26-15-7-21(8-16-26)28-29(22-9-17-27(41-2)18-10-22)35-36-31(34-28)42(38,39)19-20-3-5-23(6-4-20)30(37)33-25-13-11-24(32)12-14-25/h3-18H,19H2,1-2H3,(H,33,37). The number of nitrogens with zero attached hydrogens (tertiary/aromatic N) is 3. The number of halogens is 1. The van der Waals surface area contributed by atoms with Crippen LogP contribution in [0.3, 0.4) is 0 Å². The molecule has 0 aliphatic carbocycles. The number of nitrogens with one attached hydrogen (secondary N) is 1. The van der Waals surface area contributed by atoms with Crippen LogP contribution in [0.15, 0.2) is 102 Å². The maximum absolute atomic E-state index is 13.4. The van der Waals surface area contributed by atoms with Gasteiger partial charge in [-0.1, -0.05) is 12.1 Å². The molecule has 0 radical (unpaired) electrons. The zero-order valence-corrected chi connectivity index (χ0v) is 23.4. The van der Waals surface area contributed by atoms with Crippen molar-refractivity contribution in [2.24, 2.45) is 0 Å². The second-order valence-electron chi connectivity index (χ2n) is 9.17. The molecule has 11 heteroatoms. The average Bonchev–Trinajstić information content (AvgIpc) is 3.02. The van der Waals surface area contributed by atoms with Crippen molar-refractivity contribution in [3.05, 3.63) is 114 Å². The Morgan fingerprint density at radius 1 is 0.738 bits per heavy atom. The number of carbonyl (C=O) groups excluding carboxylic acids is 1. The lowest BCUT2D eigenvalue weighted by atomic mass is 10.0. The van der Waals surface area contributed by atoms with Gasteiger partial charge >= 0.3 is 0 Å². The van der Waals surface area contributed by atoms with Crippen LogP contribution in [0, 0.1) is 5.82 Å². The van der Waals surface area contributed by atoms with Crippen molar-refractivity contribution < 1.29 is 27.1 Å². The number of sulfone groups is 1. The monoisotopic (exact) mass is 584 g/mol. The van der Waals surface area contributed by atoms with E-state index in [0.717, 1.165) is 0 Å². The fourth-order valence-electron chi connectivity index (χ4n) is 4.11. The van der Waals surface area contributed by atoms with Gasteiger partial charge in [0, 0.05) is 22.4 Å². The first-order valence-corrected chi connectivity index (χ1v) is 14.3. The lowest BCUT2D eigenvalue weighted by Crippen LogP contribution is -2.13. The second kappa shape index (κ2) is 12.1. The molecule has 1 amide bonds. The highest BCUT2D eigenvalue weighted by Gasteiger charge is 2.23. The van der Waals surface area contributed by atoms with Gasteiger partial charge in [-0.25, -0.2) is 17.8 Å². The molecule has 0 saturated heterocycles. The molecule has 4 aromatic carbocycles. The van der Waals surface area contributed by atoms with Gasteiger partial charge in [0.05, 0.1) is 20.0 Å². The lowest BCUT2D eigenvalue weighted by molar-refractivity contribution is 0.102. The summed E-state index contributed by atoms with van der Waals surface area (Å²) in [6.07, 6.45) is 0.